The summed E-state index contributed by atoms with van der Waals surface area (Å²) in [5, 5.41) is 9.13. The van der Waals surface area contributed by atoms with Crippen LogP contribution in [-0.4, -0.2) is 34.7 Å². The fourth-order valence-corrected chi connectivity index (χ4v) is 2.98. The van der Waals surface area contributed by atoms with Crippen LogP contribution in [0.3, 0.4) is 0 Å². The van der Waals surface area contributed by atoms with Gasteiger partial charge < -0.3 is 9.84 Å². The van der Waals surface area contributed by atoms with Crippen LogP contribution in [0.25, 0.3) is 0 Å². The summed E-state index contributed by atoms with van der Waals surface area (Å²) in [4.78, 5) is 13.2. The Kier molecular flexibility index (Phi) is 5.62. The van der Waals surface area contributed by atoms with Crippen molar-refractivity contribution >= 4 is 5.97 Å². The molecule has 0 bridgehead atoms. The zero-order chi connectivity index (χ0) is 15.2. The van der Waals surface area contributed by atoms with Gasteiger partial charge in [0, 0.05) is 12.6 Å². The zero-order valence-electron chi connectivity index (χ0n) is 12.9. The molecular formula is C17H25NO3. The number of hydrogen-bond acceptors (Lipinski definition) is 3. The molecule has 21 heavy (non-hydrogen) atoms. The molecule has 0 aliphatic heterocycles. The van der Waals surface area contributed by atoms with Crippen LogP contribution < -0.4 is 4.74 Å². The van der Waals surface area contributed by atoms with Gasteiger partial charge in [-0.1, -0.05) is 25.0 Å². The van der Waals surface area contributed by atoms with E-state index in [1.165, 1.54) is 12.8 Å². The quantitative estimate of drug-likeness (QED) is 0.837. The Balaban J connectivity index is 2.06. The number of carbonyl (C=O) groups is 1. The molecule has 1 fully saturated rings. The molecule has 0 saturated heterocycles. The third-order valence-corrected chi connectivity index (χ3v) is 3.84. The Morgan fingerprint density at radius 1 is 1.38 bits per heavy atom. The number of nitrogens with zero attached hydrogens (tertiary/aromatic N) is 1. The van der Waals surface area contributed by atoms with Crippen molar-refractivity contribution in [1.82, 2.24) is 4.90 Å². The molecule has 0 heterocycles. The highest BCUT2D eigenvalue weighted by atomic mass is 16.5. The number of benzene rings is 1. The fraction of sp³-hybridized carbons (Fsp3) is 0.588. The van der Waals surface area contributed by atoms with Crippen molar-refractivity contribution in [3.8, 4) is 5.75 Å². The van der Waals surface area contributed by atoms with Crippen LogP contribution in [0.2, 0.25) is 0 Å². The lowest BCUT2D eigenvalue weighted by atomic mass is 10.1. The molecule has 1 aliphatic carbocycles. The van der Waals surface area contributed by atoms with Crippen molar-refractivity contribution in [3.63, 3.8) is 0 Å². The number of rotatable bonds is 7. The third kappa shape index (κ3) is 5.05. The third-order valence-electron chi connectivity index (χ3n) is 3.84. The van der Waals surface area contributed by atoms with Crippen molar-refractivity contribution in [3.05, 3.63) is 29.8 Å². The number of ether oxygens (including phenoxy) is 1. The zero-order valence-corrected chi connectivity index (χ0v) is 12.9. The summed E-state index contributed by atoms with van der Waals surface area (Å²) in [6.07, 6.45) is 4.77. The monoisotopic (exact) mass is 291 g/mol. The van der Waals surface area contributed by atoms with E-state index in [1.807, 2.05) is 38.1 Å². The molecule has 0 aromatic heterocycles. The lowest BCUT2D eigenvalue weighted by Crippen LogP contribution is -2.37. The molecule has 116 valence electrons. The Bertz CT molecular complexity index is 467. The molecule has 1 N–H and O–H groups in total. The molecule has 1 aliphatic rings. The Hall–Kier alpha value is -1.55. The van der Waals surface area contributed by atoms with Gasteiger partial charge >= 0.3 is 5.97 Å². The van der Waals surface area contributed by atoms with Crippen molar-refractivity contribution in [2.75, 3.05) is 6.54 Å². The molecule has 1 aromatic carbocycles. The molecule has 0 atom stereocenters. The van der Waals surface area contributed by atoms with Crippen molar-refractivity contribution < 1.29 is 14.6 Å². The smallest absolute Gasteiger partial charge is 0.317 e. The van der Waals surface area contributed by atoms with E-state index >= 15 is 0 Å². The highest BCUT2D eigenvalue weighted by molar-refractivity contribution is 5.69. The van der Waals surface area contributed by atoms with Crippen LogP contribution in [0.5, 0.6) is 5.75 Å². The maximum absolute atomic E-state index is 11.1. The topological polar surface area (TPSA) is 49.8 Å². The lowest BCUT2D eigenvalue weighted by Gasteiger charge is -2.27. The van der Waals surface area contributed by atoms with Gasteiger partial charge in [-0.25, -0.2) is 0 Å². The summed E-state index contributed by atoms with van der Waals surface area (Å²) in [5.41, 5.74) is 1.11. The van der Waals surface area contributed by atoms with Gasteiger partial charge in [0.15, 0.2) is 0 Å². The summed E-state index contributed by atoms with van der Waals surface area (Å²) in [6.45, 7) is 4.79. The minimum absolute atomic E-state index is 0.111. The predicted octanol–water partition coefficient (Wildman–Crippen LogP) is 3.30. The predicted molar refractivity (Wildman–Crippen MR) is 82.5 cm³/mol. The normalized spacial score (nSPS) is 15.8. The summed E-state index contributed by atoms with van der Waals surface area (Å²) in [5.74, 6) is 0.0979. The molecular weight excluding hydrogens is 266 g/mol. The summed E-state index contributed by atoms with van der Waals surface area (Å²) in [6, 6.07) is 8.37. The summed E-state index contributed by atoms with van der Waals surface area (Å²) < 4.78 is 5.71. The van der Waals surface area contributed by atoms with Crippen LogP contribution in [0.1, 0.15) is 45.1 Å². The fourth-order valence-electron chi connectivity index (χ4n) is 2.98. The number of aliphatic carboxylic acids is 1. The van der Waals surface area contributed by atoms with Crippen LogP contribution in [-0.2, 0) is 11.3 Å². The van der Waals surface area contributed by atoms with E-state index in [4.69, 9.17) is 9.84 Å². The van der Waals surface area contributed by atoms with E-state index in [-0.39, 0.29) is 12.6 Å². The maximum Gasteiger partial charge on any atom is 0.317 e. The molecule has 4 nitrogen and oxygen atoms in total. The first-order valence-electron chi connectivity index (χ1n) is 7.76. The molecule has 1 saturated carbocycles. The first-order chi connectivity index (χ1) is 10.0. The largest absolute Gasteiger partial charge is 0.491 e. The number of carboxylic acids is 1. The van der Waals surface area contributed by atoms with Gasteiger partial charge in [0.2, 0.25) is 0 Å². The minimum atomic E-state index is -0.753. The van der Waals surface area contributed by atoms with Gasteiger partial charge in [0.1, 0.15) is 5.75 Å². The van der Waals surface area contributed by atoms with Crippen LogP contribution in [0.4, 0.5) is 0 Å². The maximum atomic E-state index is 11.1. The van der Waals surface area contributed by atoms with Crippen molar-refractivity contribution in [1.29, 1.82) is 0 Å². The van der Waals surface area contributed by atoms with E-state index in [0.717, 1.165) is 24.2 Å². The molecule has 0 unspecified atom stereocenters. The van der Waals surface area contributed by atoms with Crippen LogP contribution >= 0.6 is 0 Å². The highest BCUT2D eigenvalue weighted by Crippen LogP contribution is 2.25. The molecule has 4 heteroatoms. The lowest BCUT2D eigenvalue weighted by molar-refractivity contribution is -0.139. The standard InChI is InChI=1S/C17H25NO3/c1-13(2)21-16-9-5-6-14(10-16)11-18(12-17(19)20)15-7-3-4-8-15/h5-6,9-10,13,15H,3-4,7-8,11-12H2,1-2H3,(H,19,20). The second-order valence-corrected chi connectivity index (χ2v) is 6.05. The van der Waals surface area contributed by atoms with Gasteiger partial charge in [-0.3, -0.25) is 9.69 Å². The summed E-state index contributed by atoms with van der Waals surface area (Å²) in [7, 11) is 0. The average Bonchev–Trinajstić information content (AvgIpc) is 2.90. The molecule has 1 aromatic rings. The van der Waals surface area contributed by atoms with Crippen LogP contribution in [0.15, 0.2) is 24.3 Å². The summed E-state index contributed by atoms with van der Waals surface area (Å²) >= 11 is 0. The Labute approximate surface area is 126 Å². The van der Waals surface area contributed by atoms with E-state index in [0.29, 0.717) is 12.6 Å². The number of carboxylic acid groups (broad SMARTS) is 1. The first-order valence-corrected chi connectivity index (χ1v) is 7.76. The van der Waals surface area contributed by atoms with E-state index in [2.05, 4.69) is 4.90 Å². The molecule has 2 rings (SSSR count). The van der Waals surface area contributed by atoms with E-state index in [1.54, 1.807) is 0 Å². The van der Waals surface area contributed by atoms with E-state index in [9.17, 15) is 4.79 Å². The van der Waals surface area contributed by atoms with Crippen molar-refractivity contribution in [2.24, 2.45) is 0 Å². The first kappa shape index (κ1) is 15.8. The molecule has 0 spiro atoms. The molecule has 0 amide bonds. The van der Waals surface area contributed by atoms with Gasteiger partial charge in [0.25, 0.3) is 0 Å². The average molecular weight is 291 g/mol. The number of hydrogen-bond donors (Lipinski definition) is 1. The SMILES string of the molecule is CC(C)Oc1cccc(CN(CC(=O)O)C2CCCC2)c1. The Morgan fingerprint density at radius 2 is 2.10 bits per heavy atom. The Morgan fingerprint density at radius 3 is 2.71 bits per heavy atom. The second kappa shape index (κ2) is 7.46. The van der Waals surface area contributed by atoms with Crippen LogP contribution in [0, 0.1) is 0 Å². The van der Waals surface area contributed by atoms with Gasteiger partial charge in [0.05, 0.1) is 12.6 Å². The highest BCUT2D eigenvalue weighted by Gasteiger charge is 2.24. The van der Waals surface area contributed by atoms with Crippen molar-refractivity contribution in [2.45, 2.75) is 58.2 Å². The van der Waals surface area contributed by atoms with Gasteiger partial charge in [-0.05, 0) is 44.4 Å². The molecule has 0 radical (unpaired) electrons. The minimum Gasteiger partial charge on any atom is -0.491 e. The van der Waals surface area contributed by atoms with Gasteiger partial charge in [-0.15, -0.1) is 0 Å². The van der Waals surface area contributed by atoms with Gasteiger partial charge in [-0.2, -0.15) is 0 Å². The van der Waals surface area contributed by atoms with E-state index < -0.39 is 5.97 Å². The second-order valence-electron chi connectivity index (χ2n) is 6.05.